The Bertz CT molecular complexity index is 1130. The molecule has 0 aliphatic rings. The zero-order valence-electron chi connectivity index (χ0n) is 15.5. The second-order valence-electron chi connectivity index (χ2n) is 6.27. The molecule has 28 heavy (non-hydrogen) atoms. The fraction of sp³-hybridized carbons (Fsp3) is 0.200. The maximum atomic E-state index is 12.7. The first-order valence-corrected chi connectivity index (χ1v) is 8.81. The van der Waals surface area contributed by atoms with Crippen LogP contribution >= 0.6 is 0 Å². The number of hydrogen-bond donors (Lipinski definition) is 1. The Hall–Kier alpha value is -3.68. The Balaban J connectivity index is 1.46. The Morgan fingerprint density at radius 1 is 1.14 bits per heavy atom. The number of benzene rings is 2. The topological polar surface area (TPSA) is 95.1 Å². The van der Waals surface area contributed by atoms with Crippen molar-refractivity contribution in [2.45, 2.75) is 20.1 Å². The zero-order valence-corrected chi connectivity index (χ0v) is 15.5. The van der Waals surface area contributed by atoms with Gasteiger partial charge in [-0.2, -0.15) is 4.98 Å². The SMILES string of the molecule is Cc1nc(COc2ccccc2C(=O)NCc2nc3ccccc3n2C)no1. The van der Waals surface area contributed by atoms with Gasteiger partial charge in [-0.05, 0) is 24.3 Å². The molecule has 4 aromatic rings. The lowest BCUT2D eigenvalue weighted by molar-refractivity contribution is 0.0945. The van der Waals surface area contributed by atoms with Gasteiger partial charge in [0.25, 0.3) is 5.91 Å². The summed E-state index contributed by atoms with van der Waals surface area (Å²) in [7, 11) is 1.93. The summed E-state index contributed by atoms with van der Waals surface area (Å²) < 4.78 is 12.6. The molecule has 1 N–H and O–H groups in total. The van der Waals surface area contributed by atoms with Gasteiger partial charge in [-0.3, -0.25) is 4.79 Å². The molecule has 0 spiro atoms. The van der Waals surface area contributed by atoms with E-state index >= 15 is 0 Å². The lowest BCUT2D eigenvalue weighted by atomic mass is 10.2. The van der Waals surface area contributed by atoms with Crippen molar-refractivity contribution < 1.29 is 14.1 Å². The average Bonchev–Trinajstić information content (AvgIpc) is 3.28. The molecular formula is C20H19N5O3. The number of para-hydroxylation sites is 3. The van der Waals surface area contributed by atoms with Crippen LogP contribution in [0.1, 0.15) is 27.9 Å². The molecule has 0 saturated heterocycles. The molecule has 0 radical (unpaired) electrons. The zero-order chi connectivity index (χ0) is 19.5. The fourth-order valence-electron chi connectivity index (χ4n) is 2.93. The first-order valence-electron chi connectivity index (χ1n) is 8.81. The number of hydrogen-bond acceptors (Lipinski definition) is 6. The van der Waals surface area contributed by atoms with E-state index in [9.17, 15) is 4.79 Å². The fourth-order valence-corrected chi connectivity index (χ4v) is 2.93. The highest BCUT2D eigenvalue weighted by Gasteiger charge is 2.15. The maximum Gasteiger partial charge on any atom is 0.255 e. The van der Waals surface area contributed by atoms with Crippen molar-refractivity contribution in [2.75, 3.05) is 0 Å². The van der Waals surface area contributed by atoms with Crippen molar-refractivity contribution in [1.82, 2.24) is 25.0 Å². The summed E-state index contributed by atoms with van der Waals surface area (Å²) in [6.07, 6.45) is 0. The molecule has 142 valence electrons. The first kappa shape index (κ1) is 17.7. The van der Waals surface area contributed by atoms with E-state index in [4.69, 9.17) is 9.26 Å². The third-order valence-corrected chi connectivity index (χ3v) is 4.34. The predicted molar refractivity (Wildman–Crippen MR) is 102 cm³/mol. The van der Waals surface area contributed by atoms with Crippen LogP contribution in [0.4, 0.5) is 0 Å². The Labute approximate surface area is 161 Å². The predicted octanol–water partition coefficient (Wildman–Crippen LogP) is 2.77. The number of nitrogens with zero attached hydrogens (tertiary/aromatic N) is 4. The Morgan fingerprint density at radius 3 is 2.71 bits per heavy atom. The molecular weight excluding hydrogens is 358 g/mol. The number of rotatable bonds is 6. The van der Waals surface area contributed by atoms with E-state index in [1.165, 1.54) is 0 Å². The molecule has 2 aromatic heterocycles. The number of imidazole rings is 1. The van der Waals surface area contributed by atoms with Gasteiger partial charge in [0.2, 0.25) is 11.7 Å². The number of ether oxygens (including phenoxy) is 1. The maximum absolute atomic E-state index is 12.7. The monoisotopic (exact) mass is 377 g/mol. The Morgan fingerprint density at radius 2 is 1.93 bits per heavy atom. The smallest absolute Gasteiger partial charge is 0.255 e. The van der Waals surface area contributed by atoms with Gasteiger partial charge in [0.15, 0.2) is 6.61 Å². The van der Waals surface area contributed by atoms with Gasteiger partial charge in [0, 0.05) is 14.0 Å². The van der Waals surface area contributed by atoms with Crippen LogP contribution in [0.15, 0.2) is 53.1 Å². The summed E-state index contributed by atoms with van der Waals surface area (Å²) in [5.74, 6) is 1.87. The minimum atomic E-state index is -0.244. The van der Waals surface area contributed by atoms with Gasteiger partial charge < -0.3 is 19.1 Å². The summed E-state index contributed by atoms with van der Waals surface area (Å²) in [4.78, 5) is 21.4. The van der Waals surface area contributed by atoms with E-state index in [2.05, 4.69) is 20.4 Å². The van der Waals surface area contributed by atoms with Gasteiger partial charge in [-0.25, -0.2) is 4.98 Å². The van der Waals surface area contributed by atoms with Crippen LogP contribution in [-0.4, -0.2) is 25.6 Å². The van der Waals surface area contributed by atoms with Gasteiger partial charge in [-0.15, -0.1) is 0 Å². The number of amides is 1. The van der Waals surface area contributed by atoms with Crippen LogP contribution < -0.4 is 10.1 Å². The molecule has 0 bridgehead atoms. The summed E-state index contributed by atoms with van der Waals surface area (Å²) in [6.45, 7) is 2.13. The van der Waals surface area contributed by atoms with E-state index in [1.54, 1.807) is 31.2 Å². The number of fused-ring (bicyclic) bond motifs is 1. The molecule has 0 aliphatic carbocycles. The van der Waals surface area contributed by atoms with Gasteiger partial charge >= 0.3 is 0 Å². The third kappa shape index (κ3) is 3.57. The molecule has 0 atom stereocenters. The number of aromatic nitrogens is 4. The van der Waals surface area contributed by atoms with E-state index in [1.807, 2.05) is 35.9 Å². The number of nitrogens with one attached hydrogen (secondary N) is 1. The molecule has 8 nitrogen and oxygen atoms in total. The summed E-state index contributed by atoms with van der Waals surface area (Å²) in [5, 5.41) is 6.70. The first-order chi connectivity index (χ1) is 13.6. The van der Waals surface area contributed by atoms with Crippen LogP contribution in [0.5, 0.6) is 5.75 Å². The largest absolute Gasteiger partial charge is 0.485 e. The number of carbonyl (C=O) groups excluding carboxylic acids is 1. The van der Waals surface area contributed by atoms with Gasteiger partial charge in [0.1, 0.15) is 11.6 Å². The lowest BCUT2D eigenvalue weighted by Gasteiger charge is -2.10. The highest BCUT2D eigenvalue weighted by molar-refractivity contribution is 5.96. The normalized spacial score (nSPS) is 10.9. The standard InChI is InChI=1S/C20H19N5O3/c1-13-22-18(24-28-13)12-27-17-10-6-3-7-14(17)20(26)21-11-19-23-15-8-4-5-9-16(15)25(19)2/h3-10H,11-12H2,1-2H3,(H,21,26). The van der Waals surface area contributed by atoms with E-state index in [-0.39, 0.29) is 12.5 Å². The molecule has 0 fully saturated rings. The lowest BCUT2D eigenvalue weighted by Crippen LogP contribution is -2.25. The van der Waals surface area contributed by atoms with Crippen molar-refractivity contribution in [3.8, 4) is 5.75 Å². The van der Waals surface area contributed by atoms with Gasteiger partial charge in [-0.1, -0.05) is 29.4 Å². The summed E-state index contributed by atoms with van der Waals surface area (Å²) >= 11 is 0. The summed E-state index contributed by atoms with van der Waals surface area (Å²) in [6, 6.07) is 14.9. The Kier molecular flexibility index (Phi) is 4.76. The van der Waals surface area contributed by atoms with E-state index in [0.29, 0.717) is 29.6 Å². The molecule has 0 aliphatic heterocycles. The van der Waals surface area contributed by atoms with Crippen LogP contribution in [0.25, 0.3) is 11.0 Å². The van der Waals surface area contributed by atoms with Crippen LogP contribution in [0, 0.1) is 6.92 Å². The number of aryl methyl sites for hydroxylation is 2. The van der Waals surface area contributed by atoms with Crippen LogP contribution in [0.3, 0.4) is 0 Å². The molecule has 1 amide bonds. The van der Waals surface area contributed by atoms with Crippen molar-refractivity contribution in [2.24, 2.45) is 7.05 Å². The highest BCUT2D eigenvalue weighted by atomic mass is 16.5. The minimum Gasteiger partial charge on any atom is -0.485 e. The highest BCUT2D eigenvalue weighted by Crippen LogP contribution is 2.19. The van der Waals surface area contributed by atoms with Crippen LogP contribution in [0.2, 0.25) is 0 Å². The van der Waals surface area contributed by atoms with Crippen molar-refractivity contribution >= 4 is 16.9 Å². The number of carbonyl (C=O) groups is 1. The molecule has 0 unspecified atom stereocenters. The van der Waals surface area contributed by atoms with Crippen molar-refractivity contribution in [3.63, 3.8) is 0 Å². The second kappa shape index (κ2) is 7.51. The molecule has 8 heteroatoms. The van der Waals surface area contributed by atoms with Crippen molar-refractivity contribution in [3.05, 3.63) is 71.6 Å². The van der Waals surface area contributed by atoms with E-state index in [0.717, 1.165) is 16.9 Å². The second-order valence-corrected chi connectivity index (χ2v) is 6.27. The van der Waals surface area contributed by atoms with E-state index < -0.39 is 0 Å². The summed E-state index contributed by atoms with van der Waals surface area (Å²) in [5.41, 5.74) is 2.35. The molecule has 2 heterocycles. The minimum absolute atomic E-state index is 0.117. The quantitative estimate of drug-likeness (QED) is 0.555. The average molecular weight is 377 g/mol. The molecule has 2 aromatic carbocycles. The molecule has 0 saturated carbocycles. The van der Waals surface area contributed by atoms with Gasteiger partial charge in [0.05, 0.1) is 23.1 Å². The van der Waals surface area contributed by atoms with Crippen molar-refractivity contribution in [1.29, 1.82) is 0 Å². The third-order valence-electron chi connectivity index (χ3n) is 4.34. The van der Waals surface area contributed by atoms with Crippen LogP contribution in [-0.2, 0) is 20.2 Å². The molecule has 4 rings (SSSR count).